The maximum absolute atomic E-state index is 13.0. The first-order valence-corrected chi connectivity index (χ1v) is 10.5. The zero-order valence-electron chi connectivity index (χ0n) is 16.3. The zero-order chi connectivity index (χ0) is 19.8. The Bertz CT molecular complexity index is 898. The van der Waals surface area contributed by atoms with Crippen LogP contribution >= 0.6 is 0 Å². The predicted molar refractivity (Wildman–Crippen MR) is 106 cm³/mol. The Labute approximate surface area is 169 Å². The lowest BCUT2D eigenvalue weighted by Crippen LogP contribution is -2.66. The number of nitrogens with one attached hydrogen (secondary N) is 2. The molecule has 2 N–H and O–H groups in total. The number of piperidine rings is 3. The van der Waals surface area contributed by atoms with Crippen molar-refractivity contribution in [1.29, 1.82) is 0 Å². The average molecular weight is 394 g/mol. The highest BCUT2D eigenvalue weighted by atomic mass is 16.2. The minimum atomic E-state index is -0.138. The second-order valence-corrected chi connectivity index (χ2v) is 8.34. The number of para-hydroxylation sites is 1. The van der Waals surface area contributed by atoms with Crippen LogP contribution in [0.15, 0.2) is 36.9 Å². The summed E-state index contributed by atoms with van der Waals surface area (Å²) in [6, 6.07) is 7.79. The first-order chi connectivity index (χ1) is 14.2. The third-order valence-electron chi connectivity index (χ3n) is 6.72. The van der Waals surface area contributed by atoms with Crippen LogP contribution in [0.2, 0.25) is 0 Å². The number of fused-ring (bicyclic) bond motifs is 4. The molecule has 0 spiro atoms. The predicted octanol–water partition coefficient (Wildman–Crippen LogP) is 0.986. The van der Waals surface area contributed by atoms with E-state index < -0.39 is 0 Å². The highest BCUT2D eigenvalue weighted by Gasteiger charge is 2.47. The van der Waals surface area contributed by atoms with Crippen LogP contribution in [-0.4, -0.2) is 63.2 Å². The molecule has 3 aliphatic rings. The third kappa shape index (κ3) is 3.31. The SMILES string of the molecule is O=C(NC[C@H]1[C@@H]2CNC[C@@H](C2)[C@@H]2CCCC(=O)N21)c1ccccc1-n1cnnc1. The Balaban J connectivity index is 1.35. The van der Waals surface area contributed by atoms with Crippen molar-refractivity contribution < 1.29 is 9.59 Å². The van der Waals surface area contributed by atoms with E-state index >= 15 is 0 Å². The number of aromatic nitrogens is 3. The molecule has 8 nitrogen and oxygen atoms in total. The van der Waals surface area contributed by atoms with Crippen LogP contribution < -0.4 is 10.6 Å². The molecular formula is C21H26N6O2. The fourth-order valence-electron chi connectivity index (χ4n) is 5.41. The van der Waals surface area contributed by atoms with Gasteiger partial charge in [-0.1, -0.05) is 12.1 Å². The first-order valence-electron chi connectivity index (χ1n) is 10.5. The molecule has 152 valence electrons. The fourth-order valence-corrected chi connectivity index (χ4v) is 5.41. The lowest BCUT2D eigenvalue weighted by Gasteiger charge is -2.54. The van der Waals surface area contributed by atoms with Crippen LogP contribution in [0.1, 0.15) is 36.0 Å². The zero-order valence-corrected chi connectivity index (χ0v) is 16.3. The van der Waals surface area contributed by atoms with Gasteiger partial charge in [-0.3, -0.25) is 14.2 Å². The summed E-state index contributed by atoms with van der Waals surface area (Å²) < 4.78 is 1.73. The summed E-state index contributed by atoms with van der Waals surface area (Å²) in [5.41, 5.74) is 1.31. The van der Waals surface area contributed by atoms with Crippen molar-refractivity contribution in [2.45, 2.75) is 37.8 Å². The van der Waals surface area contributed by atoms with Gasteiger partial charge < -0.3 is 15.5 Å². The second kappa shape index (κ2) is 7.59. The maximum atomic E-state index is 13.0. The lowest BCUT2D eigenvalue weighted by atomic mass is 9.72. The molecule has 0 unspecified atom stereocenters. The van der Waals surface area contributed by atoms with E-state index in [1.165, 1.54) is 0 Å². The van der Waals surface area contributed by atoms with Crippen molar-refractivity contribution >= 4 is 11.8 Å². The van der Waals surface area contributed by atoms with E-state index in [-0.39, 0.29) is 17.9 Å². The number of nitrogens with zero attached hydrogens (tertiary/aromatic N) is 4. The number of rotatable bonds is 4. The molecule has 2 amide bonds. The van der Waals surface area contributed by atoms with Crippen LogP contribution in [-0.2, 0) is 4.79 Å². The Morgan fingerprint density at radius 3 is 2.83 bits per heavy atom. The molecule has 2 aromatic rings. The number of hydrogen-bond donors (Lipinski definition) is 2. The summed E-state index contributed by atoms with van der Waals surface area (Å²) >= 11 is 0. The van der Waals surface area contributed by atoms with E-state index in [0.29, 0.717) is 36.4 Å². The van der Waals surface area contributed by atoms with Gasteiger partial charge in [0.1, 0.15) is 12.7 Å². The molecule has 4 atom stereocenters. The molecule has 1 aromatic heterocycles. The Kier molecular flexibility index (Phi) is 4.79. The van der Waals surface area contributed by atoms with Crippen LogP contribution in [0.5, 0.6) is 0 Å². The molecule has 5 rings (SSSR count). The van der Waals surface area contributed by atoms with Gasteiger partial charge in [0.15, 0.2) is 0 Å². The molecular weight excluding hydrogens is 368 g/mol. The van der Waals surface area contributed by atoms with E-state index in [2.05, 4.69) is 25.7 Å². The van der Waals surface area contributed by atoms with E-state index in [0.717, 1.165) is 38.0 Å². The van der Waals surface area contributed by atoms with Gasteiger partial charge in [-0.2, -0.15) is 0 Å². The lowest BCUT2D eigenvalue weighted by molar-refractivity contribution is -0.148. The van der Waals surface area contributed by atoms with Gasteiger partial charge in [0, 0.05) is 25.6 Å². The smallest absolute Gasteiger partial charge is 0.253 e. The van der Waals surface area contributed by atoms with Crippen molar-refractivity contribution in [3.63, 3.8) is 0 Å². The molecule has 2 bridgehead atoms. The average Bonchev–Trinajstić information content (AvgIpc) is 3.29. The number of amides is 2. The number of carbonyl (C=O) groups excluding carboxylic acids is 2. The molecule has 3 aliphatic heterocycles. The molecule has 1 aromatic carbocycles. The van der Waals surface area contributed by atoms with Crippen molar-refractivity contribution in [3.8, 4) is 5.69 Å². The van der Waals surface area contributed by atoms with Crippen LogP contribution in [0.4, 0.5) is 0 Å². The summed E-state index contributed by atoms with van der Waals surface area (Å²) in [6.07, 6.45) is 6.98. The van der Waals surface area contributed by atoms with Gasteiger partial charge in [0.25, 0.3) is 5.91 Å². The van der Waals surface area contributed by atoms with E-state index in [1.54, 1.807) is 23.3 Å². The fraction of sp³-hybridized carbons (Fsp3) is 0.524. The monoisotopic (exact) mass is 394 g/mol. The van der Waals surface area contributed by atoms with Crippen LogP contribution in [0.25, 0.3) is 5.69 Å². The maximum Gasteiger partial charge on any atom is 0.253 e. The van der Waals surface area contributed by atoms with Crippen LogP contribution in [0.3, 0.4) is 0 Å². The second-order valence-electron chi connectivity index (χ2n) is 8.34. The molecule has 29 heavy (non-hydrogen) atoms. The Morgan fingerprint density at radius 2 is 1.97 bits per heavy atom. The highest BCUT2D eigenvalue weighted by Crippen LogP contribution is 2.39. The summed E-state index contributed by atoms with van der Waals surface area (Å²) in [6.45, 7) is 2.39. The summed E-state index contributed by atoms with van der Waals surface area (Å²) in [4.78, 5) is 27.9. The van der Waals surface area contributed by atoms with Gasteiger partial charge in [-0.25, -0.2) is 0 Å². The molecule has 4 heterocycles. The van der Waals surface area contributed by atoms with Gasteiger partial charge in [-0.15, -0.1) is 10.2 Å². The summed E-state index contributed by atoms with van der Waals surface area (Å²) in [5, 5.41) is 14.3. The largest absolute Gasteiger partial charge is 0.350 e. The Hall–Kier alpha value is -2.74. The van der Waals surface area contributed by atoms with E-state index in [4.69, 9.17) is 0 Å². The van der Waals surface area contributed by atoms with Crippen molar-refractivity contribution in [2.75, 3.05) is 19.6 Å². The topological polar surface area (TPSA) is 92.2 Å². The van der Waals surface area contributed by atoms with Crippen molar-refractivity contribution in [2.24, 2.45) is 11.8 Å². The normalized spacial score (nSPS) is 28.7. The van der Waals surface area contributed by atoms with Crippen molar-refractivity contribution in [3.05, 3.63) is 42.5 Å². The molecule has 0 saturated carbocycles. The van der Waals surface area contributed by atoms with Gasteiger partial charge in [0.2, 0.25) is 5.91 Å². The van der Waals surface area contributed by atoms with E-state index in [9.17, 15) is 9.59 Å². The van der Waals surface area contributed by atoms with Gasteiger partial charge >= 0.3 is 0 Å². The highest BCUT2D eigenvalue weighted by molar-refractivity contribution is 5.97. The van der Waals surface area contributed by atoms with Gasteiger partial charge in [0.05, 0.1) is 17.3 Å². The quantitative estimate of drug-likeness (QED) is 0.807. The summed E-state index contributed by atoms with van der Waals surface area (Å²) in [7, 11) is 0. The first kappa shape index (κ1) is 18.3. The molecule has 0 radical (unpaired) electrons. The van der Waals surface area contributed by atoms with Gasteiger partial charge in [-0.05, 0) is 49.8 Å². The number of benzene rings is 1. The van der Waals surface area contributed by atoms with Crippen LogP contribution in [0, 0.1) is 11.8 Å². The molecule has 3 fully saturated rings. The standard InChI is InChI=1S/C21H26N6O2/c28-20-7-3-6-17-14-8-15(10-22-9-14)19(27(17)20)11-23-21(29)16-4-1-2-5-18(16)26-12-24-25-13-26/h1-2,4-5,12-15,17,19,22H,3,6-11H2,(H,23,29)/t14-,15+,17+,19+/m1/s1. The minimum Gasteiger partial charge on any atom is -0.350 e. The summed E-state index contributed by atoms with van der Waals surface area (Å²) in [5.74, 6) is 1.04. The number of carbonyl (C=O) groups is 2. The molecule has 3 saturated heterocycles. The minimum absolute atomic E-state index is 0.0582. The molecule has 0 aliphatic carbocycles. The van der Waals surface area contributed by atoms with E-state index in [1.807, 2.05) is 18.2 Å². The third-order valence-corrected chi connectivity index (χ3v) is 6.72. The molecule has 8 heteroatoms. The Morgan fingerprint density at radius 1 is 1.17 bits per heavy atom. The van der Waals surface area contributed by atoms with Crippen molar-refractivity contribution in [1.82, 2.24) is 30.3 Å². The number of hydrogen-bond acceptors (Lipinski definition) is 5.